The first-order valence-electron chi connectivity index (χ1n) is 4.58. The van der Waals surface area contributed by atoms with E-state index in [0.29, 0.717) is 11.7 Å². The van der Waals surface area contributed by atoms with Crippen LogP contribution in [-0.2, 0) is 0 Å². The van der Waals surface area contributed by atoms with Crippen LogP contribution in [0.1, 0.15) is 25.3 Å². The smallest absolute Gasteiger partial charge is 0.187 e. The van der Waals surface area contributed by atoms with Crippen molar-refractivity contribution in [1.29, 1.82) is 5.26 Å². The number of thioether (sulfide) groups is 1. The number of nitrogens with zero attached hydrogens (tertiary/aromatic N) is 3. The number of aromatic nitrogens is 2. The SMILES string of the molecule is CCC(CC#N)Sc1ncc(C)cn1. The maximum atomic E-state index is 8.59. The zero-order chi connectivity index (χ0) is 10.4. The molecule has 0 aliphatic rings. The first-order chi connectivity index (χ1) is 6.76. The summed E-state index contributed by atoms with van der Waals surface area (Å²) < 4.78 is 0. The average molecular weight is 207 g/mol. The third-order valence-electron chi connectivity index (χ3n) is 1.80. The van der Waals surface area contributed by atoms with Crippen molar-refractivity contribution in [3.63, 3.8) is 0 Å². The summed E-state index contributed by atoms with van der Waals surface area (Å²) in [6.07, 6.45) is 5.12. The normalized spacial score (nSPS) is 12.1. The molecule has 1 heterocycles. The van der Waals surface area contributed by atoms with Crippen molar-refractivity contribution in [2.24, 2.45) is 0 Å². The van der Waals surface area contributed by atoms with Gasteiger partial charge in [0.25, 0.3) is 0 Å². The standard InChI is InChI=1S/C10H13N3S/c1-3-9(4-5-11)14-10-12-6-8(2)7-13-10/h6-7,9H,3-4H2,1-2H3. The lowest BCUT2D eigenvalue weighted by Gasteiger charge is -2.08. The van der Waals surface area contributed by atoms with Gasteiger partial charge < -0.3 is 0 Å². The maximum Gasteiger partial charge on any atom is 0.187 e. The molecule has 3 nitrogen and oxygen atoms in total. The van der Waals surface area contributed by atoms with E-state index in [1.165, 1.54) is 0 Å². The third kappa shape index (κ3) is 3.35. The second kappa shape index (κ2) is 5.61. The van der Waals surface area contributed by atoms with Crippen molar-refractivity contribution in [2.45, 2.75) is 37.1 Å². The molecule has 1 rings (SSSR count). The fourth-order valence-corrected chi connectivity index (χ4v) is 1.81. The Balaban J connectivity index is 2.59. The Morgan fingerprint density at radius 2 is 2.14 bits per heavy atom. The fraction of sp³-hybridized carbons (Fsp3) is 0.500. The summed E-state index contributed by atoms with van der Waals surface area (Å²) in [6, 6.07) is 2.17. The van der Waals surface area contributed by atoms with E-state index in [2.05, 4.69) is 23.0 Å². The van der Waals surface area contributed by atoms with E-state index in [-0.39, 0.29) is 0 Å². The first-order valence-corrected chi connectivity index (χ1v) is 5.46. The van der Waals surface area contributed by atoms with Gasteiger partial charge in [0.1, 0.15) is 0 Å². The van der Waals surface area contributed by atoms with Crippen molar-refractivity contribution in [1.82, 2.24) is 9.97 Å². The van der Waals surface area contributed by atoms with Crippen molar-refractivity contribution in [3.8, 4) is 6.07 Å². The second-order valence-corrected chi connectivity index (χ2v) is 4.32. The molecule has 4 heteroatoms. The summed E-state index contributed by atoms with van der Waals surface area (Å²) >= 11 is 1.58. The lowest BCUT2D eigenvalue weighted by Crippen LogP contribution is -2.00. The van der Waals surface area contributed by atoms with Gasteiger partial charge in [0.05, 0.1) is 6.07 Å². The summed E-state index contributed by atoms with van der Waals surface area (Å²) in [5.41, 5.74) is 1.06. The predicted molar refractivity (Wildman–Crippen MR) is 56.9 cm³/mol. The molecule has 0 amide bonds. The molecule has 0 saturated heterocycles. The van der Waals surface area contributed by atoms with Crippen LogP contribution in [0.5, 0.6) is 0 Å². The zero-order valence-electron chi connectivity index (χ0n) is 8.40. The quantitative estimate of drug-likeness (QED) is 0.562. The summed E-state index contributed by atoms with van der Waals surface area (Å²) in [6.45, 7) is 4.03. The molecule has 1 atom stereocenters. The molecule has 1 unspecified atom stereocenters. The van der Waals surface area contributed by atoms with Crippen LogP contribution in [0.3, 0.4) is 0 Å². The minimum atomic E-state index is 0.308. The number of aryl methyl sites for hydroxylation is 1. The topological polar surface area (TPSA) is 49.6 Å². The van der Waals surface area contributed by atoms with Gasteiger partial charge in [-0.2, -0.15) is 5.26 Å². The first kappa shape index (κ1) is 11.0. The molecule has 0 N–H and O–H groups in total. The largest absolute Gasteiger partial charge is 0.231 e. The Morgan fingerprint density at radius 1 is 1.50 bits per heavy atom. The second-order valence-electron chi connectivity index (χ2n) is 3.05. The zero-order valence-corrected chi connectivity index (χ0v) is 9.21. The third-order valence-corrected chi connectivity index (χ3v) is 3.06. The molecular formula is C10H13N3S. The summed E-state index contributed by atoms with van der Waals surface area (Å²) in [5, 5.41) is 9.66. The number of rotatable bonds is 4. The highest BCUT2D eigenvalue weighted by Gasteiger charge is 2.09. The van der Waals surface area contributed by atoms with Gasteiger partial charge in [0.15, 0.2) is 5.16 Å². The minimum Gasteiger partial charge on any atom is -0.231 e. The molecule has 0 aliphatic heterocycles. The molecular weight excluding hydrogens is 194 g/mol. The van der Waals surface area contributed by atoms with E-state index in [4.69, 9.17) is 5.26 Å². The van der Waals surface area contributed by atoms with Gasteiger partial charge in [0, 0.05) is 24.1 Å². The molecule has 0 aromatic carbocycles. The van der Waals surface area contributed by atoms with Crippen LogP contribution >= 0.6 is 11.8 Å². The van der Waals surface area contributed by atoms with Crippen LogP contribution in [0.25, 0.3) is 0 Å². The number of nitriles is 1. The van der Waals surface area contributed by atoms with Gasteiger partial charge in [0.2, 0.25) is 0 Å². The van der Waals surface area contributed by atoms with Gasteiger partial charge in [-0.15, -0.1) is 0 Å². The van der Waals surface area contributed by atoms with Gasteiger partial charge in [-0.1, -0.05) is 18.7 Å². The van der Waals surface area contributed by atoms with Crippen molar-refractivity contribution in [3.05, 3.63) is 18.0 Å². The fourth-order valence-electron chi connectivity index (χ4n) is 0.962. The van der Waals surface area contributed by atoms with Crippen LogP contribution in [0.4, 0.5) is 0 Å². The van der Waals surface area contributed by atoms with Crippen LogP contribution < -0.4 is 0 Å². The van der Waals surface area contributed by atoms with E-state index in [0.717, 1.165) is 17.1 Å². The van der Waals surface area contributed by atoms with Crippen molar-refractivity contribution >= 4 is 11.8 Å². The van der Waals surface area contributed by atoms with Crippen LogP contribution in [0.15, 0.2) is 17.6 Å². The molecule has 0 radical (unpaired) electrons. The summed E-state index contributed by atoms with van der Waals surface area (Å²) in [7, 11) is 0. The van der Waals surface area contributed by atoms with Gasteiger partial charge in [-0.25, -0.2) is 9.97 Å². The van der Waals surface area contributed by atoms with Crippen LogP contribution in [-0.4, -0.2) is 15.2 Å². The highest BCUT2D eigenvalue weighted by Crippen LogP contribution is 2.23. The van der Waals surface area contributed by atoms with Crippen molar-refractivity contribution in [2.75, 3.05) is 0 Å². The summed E-state index contributed by atoms with van der Waals surface area (Å²) in [5.74, 6) is 0. The predicted octanol–water partition coefficient (Wildman–Crippen LogP) is 2.57. The molecule has 1 aromatic heterocycles. The Morgan fingerprint density at radius 3 is 2.64 bits per heavy atom. The highest BCUT2D eigenvalue weighted by atomic mass is 32.2. The van der Waals surface area contributed by atoms with Gasteiger partial charge in [-0.3, -0.25) is 0 Å². The Labute approximate surface area is 88.6 Å². The number of hydrogen-bond acceptors (Lipinski definition) is 4. The molecule has 0 saturated carbocycles. The highest BCUT2D eigenvalue weighted by molar-refractivity contribution is 7.99. The minimum absolute atomic E-state index is 0.308. The number of hydrogen-bond donors (Lipinski definition) is 0. The van der Waals surface area contributed by atoms with E-state index in [1.54, 1.807) is 24.2 Å². The van der Waals surface area contributed by atoms with E-state index in [9.17, 15) is 0 Å². The van der Waals surface area contributed by atoms with E-state index >= 15 is 0 Å². The molecule has 0 aliphatic carbocycles. The lowest BCUT2D eigenvalue weighted by atomic mass is 10.3. The molecule has 14 heavy (non-hydrogen) atoms. The molecule has 74 valence electrons. The van der Waals surface area contributed by atoms with Crippen LogP contribution in [0.2, 0.25) is 0 Å². The molecule has 0 fully saturated rings. The van der Waals surface area contributed by atoms with Gasteiger partial charge in [-0.05, 0) is 18.9 Å². The van der Waals surface area contributed by atoms with E-state index < -0.39 is 0 Å². The van der Waals surface area contributed by atoms with Crippen LogP contribution in [0, 0.1) is 18.3 Å². The monoisotopic (exact) mass is 207 g/mol. The maximum absolute atomic E-state index is 8.59. The molecule has 1 aromatic rings. The Bertz CT molecular complexity index is 315. The average Bonchev–Trinajstić information content (AvgIpc) is 2.20. The Kier molecular flexibility index (Phi) is 4.41. The van der Waals surface area contributed by atoms with Gasteiger partial charge >= 0.3 is 0 Å². The van der Waals surface area contributed by atoms with Crippen molar-refractivity contribution < 1.29 is 0 Å². The van der Waals surface area contributed by atoms with E-state index in [1.807, 2.05) is 6.92 Å². The summed E-state index contributed by atoms with van der Waals surface area (Å²) in [4.78, 5) is 8.38. The molecule has 0 bridgehead atoms. The lowest BCUT2D eigenvalue weighted by molar-refractivity contribution is 0.830. The Hall–Kier alpha value is -1.08. The molecule has 0 spiro atoms.